The fourth-order valence-corrected chi connectivity index (χ4v) is 3.83. The molecule has 116 valence electrons. The summed E-state index contributed by atoms with van der Waals surface area (Å²) in [5, 5.41) is 0.912. The van der Waals surface area contributed by atoms with Crippen molar-refractivity contribution in [3.63, 3.8) is 0 Å². The third-order valence-corrected chi connectivity index (χ3v) is 5.08. The fraction of sp³-hybridized carbons (Fsp3) is 0.267. The van der Waals surface area contributed by atoms with Gasteiger partial charge in [0.15, 0.2) is 0 Å². The summed E-state index contributed by atoms with van der Waals surface area (Å²) in [6.07, 6.45) is 4.15. The molecule has 0 unspecified atom stereocenters. The highest BCUT2D eigenvalue weighted by atomic mass is 32.2. The lowest BCUT2D eigenvalue weighted by Crippen LogP contribution is -2.26. The third kappa shape index (κ3) is 2.77. The lowest BCUT2D eigenvalue weighted by atomic mass is 10.2. The van der Waals surface area contributed by atoms with Gasteiger partial charge in [-0.1, -0.05) is 12.1 Å². The van der Waals surface area contributed by atoms with E-state index in [1.54, 1.807) is 18.3 Å². The van der Waals surface area contributed by atoms with Crippen molar-refractivity contribution in [1.82, 2.24) is 19.3 Å². The number of nitrogens with one attached hydrogen (secondary N) is 2. The first-order valence-electron chi connectivity index (χ1n) is 7.01. The molecule has 0 saturated carbocycles. The van der Waals surface area contributed by atoms with Crippen LogP contribution in [0.1, 0.15) is 11.5 Å². The van der Waals surface area contributed by atoms with E-state index in [0.717, 1.165) is 16.9 Å². The molecular formula is C15H18N4O2S. The lowest BCUT2D eigenvalue weighted by Gasteiger charge is -2.09. The largest absolute Gasteiger partial charge is 0.349 e. The molecule has 0 saturated heterocycles. The minimum atomic E-state index is -3.55. The van der Waals surface area contributed by atoms with Gasteiger partial charge in [0, 0.05) is 43.5 Å². The molecule has 2 aromatic heterocycles. The van der Waals surface area contributed by atoms with E-state index in [1.165, 1.54) is 0 Å². The molecule has 0 aliphatic carbocycles. The summed E-state index contributed by atoms with van der Waals surface area (Å²) in [6.45, 7) is 2.19. The van der Waals surface area contributed by atoms with Crippen molar-refractivity contribution in [2.24, 2.45) is 7.05 Å². The highest BCUT2D eigenvalue weighted by Gasteiger charge is 2.18. The van der Waals surface area contributed by atoms with Gasteiger partial charge in [0.05, 0.1) is 5.52 Å². The number of para-hydroxylation sites is 1. The number of benzene rings is 1. The normalized spacial score (nSPS) is 12.1. The predicted molar refractivity (Wildman–Crippen MR) is 85.1 cm³/mol. The Kier molecular flexibility index (Phi) is 3.76. The lowest BCUT2D eigenvalue weighted by molar-refractivity contribution is 0.582. The van der Waals surface area contributed by atoms with Crippen LogP contribution < -0.4 is 4.72 Å². The Balaban J connectivity index is 1.81. The second-order valence-corrected chi connectivity index (χ2v) is 7.00. The maximum absolute atomic E-state index is 12.5. The molecule has 3 rings (SSSR count). The number of aromatic amines is 1. The van der Waals surface area contributed by atoms with Gasteiger partial charge in [-0.15, -0.1) is 0 Å². The van der Waals surface area contributed by atoms with Gasteiger partial charge in [-0.05, 0) is 19.1 Å². The average Bonchev–Trinajstić information content (AvgIpc) is 3.05. The highest BCUT2D eigenvalue weighted by Crippen LogP contribution is 2.23. The van der Waals surface area contributed by atoms with E-state index in [-0.39, 0.29) is 0 Å². The minimum Gasteiger partial charge on any atom is -0.349 e. The van der Waals surface area contributed by atoms with Gasteiger partial charge in [0.25, 0.3) is 0 Å². The molecule has 22 heavy (non-hydrogen) atoms. The molecule has 0 fully saturated rings. The zero-order valence-corrected chi connectivity index (χ0v) is 13.3. The number of rotatable bonds is 5. The van der Waals surface area contributed by atoms with E-state index in [4.69, 9.17) is 0 Å². The van der Waals surface area contributed by atoms with E-state index in [2.05, 4.69) is 14.7 Å². The van der Waals surface area contributed by atoms with Gasteiger partial charge in [-0.3, -0.25) is 0 Å². The Bertz CT molecular complexity index is 909. The molecule has 0 spiro atoms. The second kappa shape index (κ2) is 5.58. The molecule has 7 heteroatoms. The number of hydrogen-bond acceptors (Lipinski definition) is 3. The van der Waals surface area contributed by atoms with E-state index >= 15 is 0 Å². The molecule has 0 aliphatic heterocycles. The van der Waals surface area contributed by atoms with Gasteiger partial charge in [0.2, 0.25) is 10.0 Å². The van der Waals surface area contributed by atoms with Crippen LogP contribution in [0.5, 0.6) is 0 Å². The smallest absolute Gasteiger partial charge is 0.242 e. The van der Waals surface area contributed by atoms with Crippen LogP contribution in [0.15, 0.2) is 41.6 Å². The zero-order chi connectivity index (χ0) is 15.7. The van der Waals surface area contributed by atoms with Crippen molar-refractivity contribution in [1.29, 1.82) is 0 Å². The maximum atomic E-state index is 12.5. The summed E-state index contributed by atoms with van der Waals surface area (Å²) in [5.74, 6) is 0.825. The number of hydrogen-bond donors (Lipinski definition) is 2. The van der Waals surface area contributed by atoms with E-state index in [9.17, 15) is 8.42 Å². The van der Waals surface area contributed by atoms with Crippen molar-refractivity contribution >= 4 is 20.9 Å². The van der Waals surface area contributed by atoms with Crippen molar-refractivity contribution in [2.75, 3.05) is 6.54 Å². The molecule has 2 N–H and O–H groups in total. The van der Waals surface area contributed by atoms with Gasteiger partial charge < -0.3 is 9.55 Å². The molecule has 1 aromatic carbocycles. The Labute approximate surface area is 129 Å². The number of sulfonamides is 1. The monoisotopic (exact) mass is 318 g/mol. The quantitative estimate of drug-likeness (QED) is 0.752. The Morgan fingerprint density at radius 3 is 2.86 bits per heavy atom. The number of fused-ring (bicyclic) bond motifs is 1. The van der Waals surface area contributed by atoms with Crippen LogP contribution >= 0.6 is 0 Å². The van der Waals surface area contributed by atoms with Gasteiger partial charge in [0.1, 0.15) is 10.7 Å². The van der Waals surface area contributed by atoms with Crippen molar-refractivity contribution < 1.29 is 8.42 Å². The molecule has 0 amide bonds. The fourth-order valence-electron chi connectivity index (χ4n) is 2.53. The van der Waals surface area contributed by atoms with Crippen LogP contribution in [0.25, 0.3) is 10.9 Å². The summed E-state index contributed by atoms with van der Waals surface area (Å²) < 4.78 is 29.6. The maximum Gasteiger partial charge on any atom is 0.242 e. The van der Waals surface area contributed by atoms with Crippen LogP contribution in [0.4, 0.5) is 0 Å². The number of imidazole rings is 1. The standard InChI is InChI=1S/C15H18N4O2S/c1-11-16-10-13(18-11)6-8-17-22(20,21)14-5-3-4-12-7-9-19(2)15(12)14/h3-5,7,9-10,17H,6,8H2,1-2H3,(H,16,18). The summed E-state index contributed by atoms with van der Waals surface area (Å²) in [4.78, 5) is 7.49. The summed E-state index contributed by atoms with van der Waals surface area (Å²) in [6, 6.07) is 7.20. The summed E-state index contributed by atoms with van der Waals surface area (Å²) in [7, 11) is -1.71. The van der Waals surface area contributed by atoms with Gasteiger partial charge in [-0.2, -0.15) is 0 Å². The molecule has 0 radical (unpaired) electrons. The first kappa shape index (κ1) is 14.8. The van der Waals surface area contributed by atoms with Crippen LogP contribution in [0.2, 0.25) is 0 Å². The van der Waals surface area contributed by atoms with Crippen molar-refractivity contribution in [3.05, 3.63) is 48.2 Å². The van der Waals surface area contributed by atoms with Crippen LogP contribution in [0, 0.1) is 6.92 Å². The van der Waals surface area contributed by atoms with Crippen LogP contribution in [-0.2, 0) is 23.5 Å². The van der Waals surface area contributed by atoms with Gasteiger partial charge >= 0.3 is 0 Å². The highest BCUT2D eigenvalue weighted by molar-refractivity contribution is 7.89. The SMILES string of the molecule is Cc1ncc(CCNS(=O)(=O)c2cccc3ccn(C)c23)[nH]1. The average molecular weight is 318 g/mol. The third-order valence-electron chi connectivity index (χ3n) is 3.59. The first-order chi connectivity index (χ1) is 10.5. The minimum absolute atomic E-state index is 0.304. The molecule has 2 heterocycles. The van der Waals surface area contributed by atoms with E-state index in [1.807, 2.05) is 36.9 Å². The molecule has 3 aromatic rings. The first-order valence-corrected chi connectivity index (χ1v) is 8.50. The van der Waals surface area contributed by atoms with Crippen molar-refractivity contribution in [2.45, 2.75) is 18.2 Å². The molecule has 0 bridgehead atoms. The van der Waals surface area contributed by atoms with E-state index < -0.39 is 10.0 Å². The Hall–Kier alpha value is -2.12. The second-order valence-electron chi connectivity index (χ2n) is 5.26. The molecule has 6 nitrogen and oxygen atoms in total. The molecular weight excluding hydrogens is 300 g/mol. The number of aryl methyl sites for hydroxylation is 2. The summed E-state index contributed by atoms with van der Waals surface area (Å²) >= 11 is 0. The number of nitrogens with zero attached hydrogens (tertiary/aromatic N) is 2. The van der Waals surface area contributed by atoms with Crippen LogP contribution in [-0.4, -0.2) is 29.5 Å². The van der Waals surface area contributed by atoms with Crippen molar-refractivity contribution in [3.8, 4) is 0 Å². The topological polar surface area (TPSA) is 79.8 Å². The molecule has 0 aliphatic rings. The Morgan fingerprint density at radius 1 is 1.32 bits per heavy atom. The zero-order valence-electron chi connectivity index (χ0n) is 12.5. The summed E-state index contributed by atoms with van der Waals surface area (Å²) in [5.41, 5.74) is 1.63. The van der Waals surface area contributed by atoms with E-state index in [0.29, 0.717) is 23.4 Å². The van der Waals surface area contributed by atoms with Gasteiger partial charge in [-0.25, -0.2) is 18.1 Å². The number of H-pyrrole nitrogens is 1. The Morgan fingerprint density at radius 2 is 2.14 bits per heavy atom. The number of aromatic nitrogens is 3. The predicted octanol–water partition coefficient (Wildman–Crippen LogP) is 1.73. The molecule has 0 atom stereocenters. The van der Waals surface area contributed by atoms with Crippen LogP contribution in [0.3, 0.4) is 0 Å².